The molecule has 0 bridgehead atoms. The van der Waals surface area contributed by atoms with E-state index < -0.39 is 11.7 Å². The number of aromatic nitrogens is 1. The molecule has 0 aliphatic carbocycles. The number of nitrogens with one attached hydrogen (secondary N) is 2. The van der Waals surface area contributed by atoms with Gasteiger partial charge in [0.05, 0.1) is 5.56 Å². The molecule has 1 aromatic carbocycles. The third-order valence-corrected chi connectivity index (χ3v) is 4.93. The third-order valence-electron chi connectivity index (χ3n) is 4.63. The molecule has 0 spiro atoms. The molecule has 2 heterocycles. The summed E-state index contributed by atoms with van der Waals surface area (Å²) in [6.07, 6.45) is 2.31. The van der Waals surface area contributed by atoms with Gasteiger partial charge in [0.25, 0.3) is 5.91 Å². The van der Waals surface area contributed by atoms with Gasteiger partial charge in [-0.2, -0.15) is 0 Å². The molecule has 4 N–H and O–H groups in total. The number of nitrogens with zero attached hydrogens (tertiary/aromatic N) is 1. The van der Waals surface area contributed by atoms with Crippen molar-refractivity contribution < 1.29 is 9.18 Å². The molecule has 1 aromatic heterocycles. The average molecular weight is 360 g/mol. The Morgan fingerprint density at radius 3 is 2.56 bits per heavy atom. The van der Waals surface area contributed by atoms with Crippen LogP contribution in [0.15, 0.2) is 30.3 Å². The van der Waals surface area contributed by atoms with Crippen molar-refractivity contribution in [1.82, 2.24) is 9.88 Å². The van der Waals surface area contributed by atoms with E-state index in [1.807, 2.05) is 12.1 Å². The number of anilines is 2. The van der Waals surface area contributed by atoms with Crippen LogP contribution < -0.4 is 11.1 Å². The Kier molecular flexibility index (Phi) is 5.15. The standard InChI is InChI=1S/C18H21FN4OS/c1-23-8-6-12(7-9-23)11-2-4-13(5-3-11)21-17-14(16(20)24)10-15(19)18(25)22-17/h2-5,10,12H,6-9H2,1H3,(H2,20,24)(H2,21,22,25). The van der Waals surface area contributed by atoms with E-state index in [4.69, 9.17) is 18.0 Å². The summed E-state index contributed by atoms with van der Waals surface area (Å²) in [5.41, 5.74) is 7.43. The molecule has 0 saturated carbocycles. The molecule has 1 aliphatic rings. The first kappa shape index (κ1) is 17.6. The topological polar surface area (TPSA) is 74.2 Å². The van der Waals surface area contributed by atoms with E-state index >= 15 is 0 Å². The van der Waals surface area contributed by atoms with E-state index in [0.29, 0.717) is 11.7 Å². The Hall–Kier alpha value is -2.25. The van der Waals surface area contributed by atoms with Crippen LogP contribution in [0.4, 0.5) is 15.9 Å². The van der Waals surface area contributed by atoms with Crippen LogP contribution >= 0.6 is 12.2 Å². The maximum atomic E-state index is 13.6. The Bertz CT molecular complexity index is 826. The number of nitrogens with two attached hydrogens (primary N) is 1. The van der Waals surface area contributed by atoms with Gasteiger partial charge >= 0.3 is 0 Å². The minimum Gasteiger partial charge on any atom is -0.365 e. The summed E-state index contributed by atoms with van der Waals surface area (Å²) in [7, 11) is 2.15. The van der Waals surface area contributed by atoms with Gasteiger partial charge in [-0.1, -0.05) is 24.4 Å². The van der Waals surface area contributed by atoms with E-state index in [1.54, 1.807) is 0 Å². The number of primary amides is 1. The molecule has 3 rings (SSSR count). The second-order valence-electron chi connectivity index (χ2n) is 6.42. The molecular formula is C18H21FN4OS. The predicted octanol–water partition coefficient (Wildman–Crippen LogP) is 3.53. The minimum atomic E-state index is -0.726. The van der Waals surface area contributed by atoms with Gasteiger partial charge in [-0.15, -0.1) is 0 Å². The van der Waals surface area contributed by atoms with Crippen molar-refractivity contribution in [3.8, 4) is 0 Å². The maximum absolute atomic E-state index is 13.6. The molecular weight excluding hydrogens is 339 g/mol. The van der Waals surface area contributed by atoms with Crippen molar-refractivity contribution in [2.45, 2.75) is 18.8 Å². The number of benzene rings is 1. The van der Waals surface area contributed by atoms with Gasteiger partial charge in [0.15, 0.2) is 5.82 Å². The molecule has 0 radical (unpaired) electrons. The Labute approximate surface area is 151 Å². The summed E-state index contributed by atoms with van der Waals surface area (Å²) >= 11 is 4.89. The molecule has 0 unspecified atom stereocenters. The predicted molar refractivity (Wildman–Crippen MR) is 99.3 cm³/mol. The Morgan fingerprint density at radius 2 is 1.96 bits per heavy atom. The quantitative estimate of drug-likeness (QED) is 0.729. The highest BCUT2D eigenvalue weighted by Crippen LogP contribution is 2.29. The summed E-state index contributed by atoms with van der Waals surface area (Å²) in [5.74, 6) is -0.531. The normalized spacial score (nSPS) is 15.9. The van der Waals surface area contributed by atoms with Gasteiger partial charge in [-0.05, 0) is 62.7 Å². The Balaban J connectivity index is 1.79. The first-order chi connectivity index (χ1) is 11.9. The highest BCUT2D eigenvalue weighted by atomic mass is 32.1. The molecule has 1 fully saturated rings. The number of piperidine rings is 1. The molecule has 25 heavy (non-hydrogen) atoms. The zero-order chi connectivity index (χ0) is 18.0. The second kappa shape index (κ2) is 7.33. The van der Waals surface area contributed by atoms with Crippen LogP contribution in [-0.2, 0) is 0 Å². The molecule has 5 nitrogen and oxygen atoms in total. The van der Waals surface area contributed by atoms with Crippen molar-refractivity contribution in [2.75, 3.05) is 25.5 Å². The van der Waals surface area contributed by atoms with Gasteiger partial charge in [0.2, 0.25) is 0 Å². The van der Waals surface area contributed by atoms with Crippen molar-refractivity contribution in [2.24, 2.45) is 5.73 Å². The lowest BCUT2D eigenvalue weighted by Gasteiger charge is -2.29. The number of amides is 1. The first-order valence-electron chi connectivity index (χ1n) is 8.22. The van der Waals surface area contributed by atoms with Crippen LogP contribution in [0.25, 0.3) is 0 Å². The molecule has 0 atom stereocenters. The fraction of sp³-hybridized carbons (Fsp3) is 0.333. The van der Waals surface area contributed by atoms with Gasteiger partial charge in [-0.3, -0.25) is 4.79 Å². The van der Waals surface area contributed by atoms with Crippen molar-refractivity contribution >= 4 is 29.6 Å². The number of halogens is 1. The van der Waals surface area contributed by atoms with Crippen LogP contribution in [0.3, 0.4) is 0 Å². The van der Waals surface area contributed by atoms with Crippen LogP contribution in [-0.4, -0.2) is 35.9 Å². The van der Waals surface area contributed by atoms with Crippen LogP contribution in [0.1, 0.15) is 34.7 Å². The van der Waals surface area contributed by atoms with Gasteiger partial charge in [0.1, 0.15) is 10.5 Å². The van der Waals surface area contributed by atoms with Gasteiger partial charge in [0, 0.05) is 5.69 Å². The molecule has 1 aliphatic heterocycles. The summed E-state index contributed by atoms with van der Waals surface area (Å²) in [5, 5.41) is 3.06. The number of aromatic amines is 1. The number of likely N-dealkylation sites (tertiary alicyclic amines) is 1. The minimum absolute atomic E-state index is 0.0329. The van der Waals surface area contributed by atoms with Crippen molar-refractivity contribution in [1.29, 1.82) is 0 Å². The lowest BCUT2D eigenvalue weighted by molar-refractivity contribution is 0.100. The summed E-state index contributed by atoms with van der Waals surface area (Å²) in [4.78, 5) is 16.5. The number of pyridine rings is 1. The molecule has 1 saturated heterocycles. The lowest BCUT2D eigenvalue weighted by Crippen LogP contribution is -2.29. The van der Waals surface area contributed by atoms with E-state index in [2.05, 4.69) is 34.4 Å². The maximum Gasteiger partial charge on any atom is 0.252 e. The fourth-order valence-electron chi connectivity index (χ4n) is 3.12. The monoisotopic (exact) mass is 360 g/mol. The number of rotatable bonds is 4. The van der Waals surface area contributed by atoms with Gasteiger partial charge in [-0.25, -0.2) is 4.39 Å². The number of hydrogen-bond acceptors (Lipinski definition) is 4. The molecule has 132 valence electrons. The summed E-state index contributed by atoms with van der Waals surface area (Å²) < 4.78 is 13.5. The molecule has 1 amide bonds. The number of carbonyl (C=O) groups excluding carboxylic acids is 1. The smallest absolute Gasteiger partial charge is 0.252 e. The Morgan fingerprint density at radius 1 is 1.32 bits per heavy atom. The summed E-state index contributed by atoms with van der Waals surface area (Å²) in [6, 6.07) is 9.11. The van der Waals surface area contributed by atoms with Crippen LogP contribution in [0.5, 0.6) is 0 Å². The number of H-pyrrole nitrogens is 1. The zero-order valence-electron chi connectivity index (χ0n) is 14.0. The highest BCUT2D eigenvalue weighted by Gasteiger charge is 2.18. The van der Waals surface area contributed by atoms with E-state index in [9.17, 15) is 9.18 Å². The second-order valence-corrected chi connectivity index (χ2v) is 6.83. The number of carbonyl (C=O) groups is 1. The third kappa shape index (κ3) is 4.05. The zero-order valence-corrected chi connectivity index (χ0v) is 14.8. The van der Waals surface area contributed by atoms with Crippen molar-refractivity contribution in [3.05, 3.63) is 51.9 Å². The molecule has 7 heteroatoms. The van der Waals surface area contributed by atoms with E-state index in [0.717, 1.165) is 37.7 Å². The first-order valence-corrected chi connectivity index (χ1v) is 8.63. The summed E-state index contributed by atoms with van der Waals surface area (Å²) in [6.45, 7) is 2.22. The SMILES string of the molecule is CN1CCC(c2ccc(Nc3[nH]c(=S)c(F)cc3C(N)=O)cc2)CC1. The fourth-order valence-corrected chi connectivity index (χ4v) is 3.28. The largest absolute Gasteiger partial charge is 0.365 e. The van der Waals surface area contributed by atoms with Gasteiger partial charge < -0.3 is 20.9 Å². The van der Waals surface area contributed by atoms with E-state index in [-0.39, 0.29) is 10.2 Å². The lowest BCUT2D eigenvalue weighted by atomic mass is 9.89. The molecule has 2 aromatic rings. The van der Waals surface area contributed by atoms with Crippen LogP contribution in [0.2, 0.25) is 0 Å². The van der Waals surface area contributed by atoms with Crippen molar-refractivity contribution in [3.63, 3.8) is 0 Å². The van der Waals surface area contributed by atoms with Crippen LogP contribution in [0, 0.1) is 10.5 Å². The average Bonchev–Trinajstić information content (AvgIpc) is 2.59. The number of hydrogen-bond donors (Lipinski definition) is 3. The van der Waals surface area contributed by atoms with E-state index in [1.165, 1.54) is 5.56 Å². The highest BCUT2D eigenvalue weighted by molar-refractivity contribution is 7.71.